The quantitative estimate of drug-likeness (QED) is 0.554. The van der Waals surface area contributed by atoms with Crippen molar-refractivity contribution in [2.45, 2.75) is 31.1 Å². The SMILES string of the molecule is CCOc1ccc(S(=O)(=O)N2CCCCC2)cc1NC(=O)C=Cc1ccc(OC)c(OC)c1. The van der Waals surface area contributed by atoms with Crippen molar-refractivity contribution in [3.8, 4) is 17.2 Å². The lowest BCUT2D eigenvalue weighted by molar-refractivity contribution is -0.111. The zero-order valence-electron chi connectivity index (χ0n) is 19.2. The Labute approximate surface area is 195 Å². The van der Waals surface area contributed by atoms with Gasteiger partial charge in [0.05, 0.1) is 31.4 Å². The smallest absolute Gasteiger partial charge is 0.248 e. The molecule has 1 saturated heterocycles. The maximum Gasteiger partial charge on any atom is 0.248 e. The molecular formula is C24H30N2O6S. The molecule has 178 valence electrons. The zero-order valence-corrected chi connectivity index (χ0v) is 20.0. The van der Waals surface area contributed by atoms with Gasteiger partial charge in [-0.05, 0) is 61.7 Å². The summed E-state index contributed by atoms with van der Waals surface area (Å²) < 4.78 is 43.7. The molecule has 3 rings (SSSR count). The average Bonchev–Trinajstić information content (AvgIpc) is 2.84. The van der Waals surface area contributed by atoms with E-state index in [9.17, 15) is 13.2 Å². The number of nitrogens with one attached hydrogen (secondary N) is 1. The second-order valence-electron chi connectivity index (χ2n) is 7.49. The van der Waals surface area contributed by atoms with Crippen molar-refractivity contribution >= 4 is 27.7 Å². The summed E-state index contributed by atoms with van der Waals surface area (Å²) in [6.45, 7) is 3.21. The molecule has 1 amide bonds. The first-order valence-electron chi connectivity index (χ1n) is 10.9. The summed E-state index contributed by atoms with van der Waals surface area (Å²) in [7, 11) is -0.547. The van der Waals surface area contributed by atoms with Crippen LogP contribution in [-0.2, 0) is 14.8 Å². The second-order valence-corrected chi connectivity index (χ2v) is 9.43. The number of piperidine rings is 1. The molecule has 0 atom stereocenters. The van der Waals surface area contributed by atoms with Crippen molar-refractivity contribution in [3.63, 3.8) is 0 Å². The number of methoxy groups -OCH3 is 2. The number of ether oxygens (including phenoxy) is 3. The van der Waals surface area contributed by atoms with Crippen LogP contribution in [-0.4, -0.2) is 52.5 Å². The Hall–Kier alpha value is -3.04. The van der Waals surface area contributed by atoms with Crippen LogP contribution >= 0.6 is 0 Å². The summed E-state index contributed by atoms with van der Waals surface area (Å²) in [4.78, 5) is 12.7. The molecule has 0 aromatic heterocycles. The predicted molar refractivity (Wildman–Crippen MR) is 127 cm³/mol. The van der Waals surface area contributed by atoms with E-state index in [1.54, 1.807) is 37.5 Å². The highest BCUT2D eigenvalue weighted by molar-refractivity contribution is 7.89. The van der Waals surface area contributed by atoms with Gasteiger partial charge in [0.1, 0.15) is 5.75 Å². The molecule has 0 radical (unpaired) electrons. The van der Waals surface area contributed by atoms with Gasteiger partial charge in [-0.3, -0.25) is 4.79 Å². The Morgan fingerprint density at radius 1 is 1.00 bits per heavy atom. The number of anilines is 1. The number of hydrogen-bond acceptors (Lipinski definition) is 6. The first-order valence-corrected chi connectivity index (χ1v) is 12.3. The molecule has 1 N–H and O–H groups in total. The summed E-state index contributed by atoms with van der Waals surface area (Å²) in [5.74, 6) is 1.13. The number of carbonyl (C=O) groups excluding carboxylic acids is 1. The van der Waals surface area contributed by atoms with Crippen LogP contribution in [0.3, 0.4) is 0 Å². The van der Waals surface area contributed by atoms with E-state index >= 15 is 0 Å². The minimum absolute atomic E-state index is 0.132. The van der Waals surface area contributed by atoms with Crippen molar-refractivity contribution in [2.75, 3.05) is 39.2 Å². The fraction of sp³-hybridized carbons (Fsp3) is 0.375. The van der Waals surface area contributed by atoms with Gasteiger partial charge in [0.15, 0.2) is 11.5 Å². The first-order chi connectivity index (χ1) is 15.9. The first kappa shape index (κ1) is 24.6. The summed E-state index contributed by atoms with van der Waals surface area (Å²) in [5, 5.41) is 2.74. The third kappa shape index (κ3) is 6.06. The molecule has 1 heterocycles. The van der Waals surface area contributed by atoms with Gasteiger partial charge in [-0.25, -0.2) is 8.42 Å². The number of amides is 1. The minimum atomic E-state index is -3.64. The molecule has 33 heavy (non-hydrogen) atoms. The fourth-order valence-electron chi connectivity index (χ4n) is 3.61. The largest absolute Gasteiger partial charge is 0.493 e. The van der Waals surface area contributed by atoms with Crippen molar-refractivity contribution in [2.24, 2.45) is 0 Å². The molecule has 0 spiro atoms. The molecular weight excluding hydrogens is 444 g/mol. The van der Waals surface area contributed by atoms with Crippen LogP contribution in [0.5, 0.6) is 17.2 Å². The maximum atomic E-state index is 13.1. The number of hydrogen-bond donors (Lipinski definition) is 1. The van der Waals surface area contributed by atoms with Crippen LogP contribution in [0.15, 0.2) is 47.4 Å². The molecule has 0 bridgehead atoms. The van der Waals surface area contributed by atoms with Crippen LogP contribution in [0.2, 0.25) is 0 Å². The lowest BCUT2D eigenvalue weighted by Crippen LogP contribution is -2.35. The Morgan fingerprint density at radius 2 is 1.70 bits per heavy atom. The van der Waals surface area contributed by atoms with Crippen LogP contribution in [0.4, 0.5) is 5.69 Å². The molecule has 2 aromatic rings. The van der Waals surface area contributed by atoms with Gasteiger partial charge >= 0.3 is 0 Å². The molecule has 0 saturated carbocycles. The van der Waals surface area contributed by atoms with Crippen molar-refractivity contribution < 1.29 is 27.4 Å². The van der Waals surface area contributed by atoms with Crippen LogP contribution in [0.25, 0.3) is 6.08 Å². The number of carbonyl (C=O) groups is 1. The molecule has 9 heteroatoms. The fourth-order valence-corrected chi connectivity index (χ4v) is 5.15. The summed E-state index contributed by atoms with van der Waals surface area (Å²) in [5.41, 5.74) is 1.05. The van der Waals surface area contributed by atoms with Crippen LogP contribution < -0.4 is 19.5 Å². The Kier molecular flexibility index (Phi) is 8.35. The Bertz CT molecular complexity index is 1110. The summed E-state index contributed by atoms with van der Waals surface area (Å²) in [6, 6.07) is 9.84. The van der Waals surface area contributed by atoms with Gasteiger partial charge in [-0.15, -0.1) is 0 Å². The molecule has 8 nitrogen and oxygen atoms in total. The average molecular weight is 475 g/mol. The summed E-state index contributed by atoms with van der Waals surface area (Å²) >= 11 is 0. The van der Waals surface area contributed by atoms with Gasteiger partial charge in [-0.2, -0.15) is 4.31 Å². The van der Waals surface area contributed by atoms with Gasteiger partial charge in [0.25, 0.3) is 0 Å². The molecule has 0 aliphatic carbocycles. The topological polar surface area (TPSA) is 94.2 Å². The number of sulfonamides is 1. The van der Waals surface area contributed by atoms with E-state index in [0.29, 0.717) is 42.6 Å². The van der Waals surface area contributed by atoms with Gasteiger partial charge in [-0.1, -0.05) is 12.5 Å². The van der Waals surface area contributed by atoms with E-state index in [4.69, 9.17) is 14.2 Å². The van der Waals surface area contributed by atoms with E-state index in [-0.39, 0.29) is 4.90 Å². The highest BCUT2D eigenvalue weighted by atomic mass is 32.2. The highest BCUT2D eigenvalue weighted by Crippen LogP contribution is 2.31. The molecule has 1 aliphatic rings. The normalized spacial score (nSPS) is 14.8. The monoisotopic (exact) mass is 474 g/mol. The predicted octanol–water partition coefficient (Wildman–Crippen LogP) is 3.93. The van der Waals surface area contributed by atoms with Crippen molar-refractivity contribution in [1.82, 2.24) is 4.31 Å². The maximum absolute atomic E-state index is 13.1. The van der Waals surface area contributed by atoms with E-state index in [0.717, 1.165) is 24.8 Å². The molecule has 2 aromatic carbocycles. The Morgan fingerprint density at radius 3 is 2.36 bits per heavy atom. The van der Waals surface area contributed by atoms with Gasteiger partial charge in [0, 0.05) is 19.2 Å². The third-order valence-electron chi connectivity index (χ3n) is 5.30. The van der Waals surface area contributed by atoms with E-state index < -0.39 is 15.9 Å². The minimum Gasteiger partial charge on any atom is -0.493 e. The van der Waals surface area contributed by atoms with Crippen molar-refractivity contribution in [3.05, 3.63) is 48.0 Å². The van der Waals surface area contributed by atoms with Gasteiger partial charge in [0.2, 0.25) is 15.9 Å². The van der Waals surface area contributed by atoms with Crippen LogP contribution in [0.1, 0.15) is 31.7 Å². The lowest BCUT2D eigenvalue weighted by Gasteiger charge is -2.26. The van der Waals surface area contributed by atoms with E-state index in [1.807, 2.05) is 6.92 Å². The second kappa shape index (κ2) is 11.2. The Balaban J connectivity index is 1.81. The molecule has 1 aliphatic heterocycles. The van der Waals surface area contributed by atoms with E-state index in [1.165, 1.54) is 29.6 Å². The molecule has 0 unspecified atom stereocenters. The van der Waals surface area contributed by atoms with Gasteiger partial charge < -0.3 is 19.5 Å². The number of rotatable bonds is 9. The third-order valence-corrected chi connectivity index (χ3v) is 7.19. The highest BCUT2D eigenvalue weighted by Gasteiger charge is 2.27. The lowest BCUT2D eigenvalue weighted by atomic mass is 10.2. The standard InChI is InChI=1S/C24H30N2O6S/c1-4-32-21-12-10-19(33(28,29)26-14-6-5-7-15-26)17-20(21)25-24(27)13-9-18-8-11-22(30-2)23(16-18)31-3/h8-13,16-17H,4-7,14-15H2,1-3H3,(H,25,27). The summed E-state index contributed by atoms with van der Waals surface area (Å²) in [6.07, 6.45) is 5.72. The van der Waals surface area contributed by atoms with Crippen molar-refractivity contribution in [1.29, 1.82) is 0 Å². The molecule has 1 fully saturated rings. The van der Waals surface area contributed by atoms with Crippen LogP contribution in [0, 0.1) is 0 Å². The number of benzene rings is 2. The number of nitrogens with zero attached hydrogens (tertiary/aromatic N) is 1. The zero-order chi connectivity index (χ0) is 23.8. The van der Waals surface area contributed by atoms with E-state index in [2.05, 4.69) is 5.32 Å².